The maximum Gasteiger partial charge on any atom is 0.0704 e. The fraction of sp³-hybridized carbons (Fsp3) is 0.571. The van der Waals surface area contributed by atoms with Crippen molar-refractivity contribution in [1.29, 1.82) is 0 Å². The van der Waals surface area contributed by atoms with Crippen molar-refractivity contribution in [3.05, 3.63) is 18.0 Å². The van der Waals surface area contributed by atoms with Gasteiger partial charge in [0.25, 0.3) is 0 Å². The summed E-state index contributed by atoms with van der Waals surface area (Å²) in [5, 5.41) is 4.00. The van der Waals surface area contributed by atoms with Crippen LogP contribution in [0.1, 0.15) is 11.7 Å². The molecular weight excluding hydrogens is 142 g/mol. The van der Waals surface area contributed by atoms with E-state index in [0.717, 1.165) is 5.69 Å². The van der Waals surface area contributed by atoms with Crippen molar-refractivity contribution in [2.45, 2.75) is 6.04 Å². The van der Waals surface area contributed by atoms with Crippen LogP contribution in [0.5, 0.6) is 0 Å². The van der Waals surface area contributed by atoms with Crippen LogP contribution in [0.4, 0.5) is 0 Å². The van der Waals surface area contributed by atoms with Crippen LogP contribution in [-0.4, -0.2) is 23.5 Å². The molecule has 4 heteroatoms. The summed E-state index contributed by atoms with van der Waals surface area (Å²) in [6, 6.07) is 1.82. The number of methoxy groups -OCH3 is 1. The predicted octanol–water partition coefficient (Wildman–Crippen LogP) is 0.0663. The third-order valence-electron chi connectivity index (χ3n) is 1.58. The van der Waals surface area contributed by atoms with Gasteiger partial charge in [-0.05, 0) is 6.07 Å². The molecule has 1 atom stereocenters. The average molecular weight is 155 g/mol. The minimum absolute atomic E-state index is 0.0764. The van der Waals surface area contributed by atoms with E-state index in [1.54, 1.807) is 18.0 Å². The first kappa shape index (κ1) is 8.23. The molecule has 0 amide bonds. The Kier molecular flexibility index (Phi) is 2.62. The number of hydrogen-bond donors (Lipinski definition) is 1. The Bertz CT molecular complexity index is 221. The third-order valence-corrected chi connectivity index (χ3v) is 1.58. The van der Waals surface area contributed by atoms with Crippen molar-refractivity contribution in [3.63, 3.8) is 0 Å². The van der Waals surface area contributed by atoms with Crippen molar-refractivity contribution in [2.24, 2.45) is 12.8 Å². The highest BCUT2D eigenvalue weighted by atomic mass is 16.5. The Labute approximate surface area is 66.0 Å². The van der Waals surface area contributed by atoms with Crippen molar-refractivity contribution < 1.29 is 4.74 Å². The summed E-state index contributed by atoms with van der Waals surface area (Å²) in [6.45, 7) is 0.527. The molecular formula is C7H13N3O. The molecule has 11 heavy (non-hydrogen) atoms. The molecule has 0 bridgehead atoms. The SMILES string of the molecule is COC[C@@H](N)c1ccnn1C. The fourth-order valence-corrected chi connectivity index (χ4v) is 1.01. The Morgan fingerprint density at radius 2 is 2.55 bits per heavy atom. The summed E-state index contributed by atoms with van der Waals surface area (Å²) in [6.07, 6.45) is 1.73. The van der Waals surface area contributed by atoms with Crippen LogP contribution in [0.15, 0.2) is 12.3 Å². The van der Waals surface area contributed by atoms with Crippen LogP contribution in [0.2, 0.25) is 0 Å². The molecule has 0 unspecified atom stereocenters. The minimum Gasteiger partial charge on any atom is -0.383 e. The zero-order valence-electron chi connectivity index (χ0n) is 6.82. The van der Waals surface area contributed by atoms with E-state index in [9.17, 15) is 0 Å². The lowest BCUT2D eigenvalue weighted by Gasteiger charge is -2.09. The molecule has 0 saturated heterocycles. The molecule has 4 nitrogen and oxygen atoms in total. The van der Waals surface area contributed by atoms with Gasteiger partial charge in [-0.2, -0.15) is 5.10 Å². The summed E-state index contributed by atoms with van der Waals surface area (Å²) in [4.78, 5) is 0. The van der Waals surface area contributed by atoms with Gasteiger partial charge in [0.1, 0.15) is 0 Å². The van der Waals surface area contributed by atoms with Gasteiger partial charge in [0, 0.05) is 20.4 Å². The molecule has 1 aromatic rings. The van der Waals surface area contributed by atoms with Gasteiger partial charge in [-0.3, -0.25) is 4.68 Å². The molecule has 0 aliphatic carbocycles. The summed E-state index contributed by atoms with van der Waals surface area (Å²) in [5.74, 6) is 0. The maximum absolute atomic E-state index is 5.76. The van der Waals surface area contributed by atoms with E-state index in [1.807, 2.05) is 13.1 Å². The fourth-order valence-electron chi connectivity index (χ4n) is 1.01. The number of aromatic nitrogens is 2. The summed E-state index contributed by atoms with van der Waals surface area (Å²) >= 11 is 0. The van der Waals surface area contributed by atoms with Crippen molar-refractivity contribution in [3.8, 4) is 0 Å². The molecule has 0 aliphatic heterocycles. The summed E-state index contributed by atoms with van der Waals surface area (Å²) < 4.78 is 6.67. The van der Waals surface area contributed by atoms with Gasteiger partial charge >= 0.3 is 0 Å². The lowest BCUT2D eigenvalue weighted by atomic mass is 10.2. The molecule has 0 aliphatic rings. The lowest BCUT2D eigenvalue weighted by molar-refractivity contribution is 0.178. The van der Waals surface area contributed by atoms with Gasteiger partial charge in [0.05, 0.1) is 18.3 Å². The quantitative estimate of drug-likeness (QED) is 0.671. The van der Waals surface area contributed by atoms with Gasteiger partial charge in [-0.15, -0.1) is 0 Å². The highest BCUT2D eigenvalue weighted by molar-refractivity contribution is 5.05. The topological polar surface area (TPSA) is 53.1 Å². The molecule has 0 spiro atoms. The van der Waals surface area contributed by atoms with Crippen LogP contribution in [0.25, 0.3) is 0 Å². The van der Waals surface area contributed by atoms with Gasteiger partial charge in [-0.1, -0.05) is 0 Å². The van der Waals surface area contributed by atoms with E-state index in [-0.39, 0.29) is 6.04 Å². The van der Waals surface area contributed by atoms with Crippen molar-refractivity contribution in [2.75, 3.05) is 13.7 Å². The first-order chi connectivity index (χ1) is 5.25. The molecule has 1 rings (SSSR count). The normalized spacial score (nSPS) is 13.4. The van der Waals surface area contributed by atoms with E-state index in [0.29, 0.717) is 6.61 Å². The van der Waals surface area contributed by atoms with Crippen LogP contribution in [0.3, 0.4) is 0 Å². The average Bonchev–Trinajstić information content (AvgIpc) is 2.36. The first-order valence-electron chi connectivity index (χ1n) is 3.48. The predicted molar refractivity (Wildman–Crippen MR) is 42.0 cm³/mol. The number of nitrogens with zero attached hydrogens (tertiary/aromatic N) is 2. The lowest BCUT2D eigenvalue weighted by Crippen LogP contribution is -2.19. The molecule has 0 radical (unpaired) electrons. The van der Waals surface area contributed by atoms with Gasteiger partial charge in [0.15, 0.2) is 0 Å². The van der Waals surface area contributed by atoms with Gasteiger partial charge in [-0.25, -0.2) is 0 Å². The Morgan fingerprint density at radius 3 is 3.00 bits per heavy atom. The molecule has 62 valence electrons. The highest BCUT2D eigenvalue weighted by Gasteiger charge is 2.08. The van der Waals surface area contributed by atoms with E-state index in [1.165, 1.54) is 0 Å². The number of nitrogens with two attached hydrogens (primary N) is 1. The Balaban J connectivity index is 2.67. The Hall–Kier alpha value is -0.870. The zero-order chi connectivity index (χ0) is 8.27. The molecule has 0 aromatic carbocycles. The third kappa shape index (κ3) is 1.78. The van der Waals surface area contributed by atoms with Crippen LogP contribution in [-0.2, 0) is 11.8 Å². The molecule has 0 fully saturated rings. The van der Waals surface area contributed by atoms with Gasteiger partial charge < -0.3 is 10.5 Å². The van der Waals surface area contributed by atoms with Crippen LogP contribution < -0.4 is 5.73 Å². The van der Waals surface area contributed by atoms with Crippen LogP contribution >= 0.6 is 0 Å². The Morgan fingerprint density at radius 1 is 1.82 bits per heavy atom. The van der Waals surface area contributed by atoms with Gasteiger partial charge in [0.2, 0.25) is 0 Å². The number of ether oxygens (including phenoxy) is 1. The molecule has 1 aromatic heterocycles. The highest BCUT2D eigenvalue weighted by Crippen LogP contribution is 2.07. The van der Waals surface area contributed by atoms with Crippen molar-refractivity contribution in [1.82, 2.24) is 9.78 Å². The second-order valence-electron chi connectivity index (χ2n) is 2.44. The van der Waals surface area contributed by atoms with Crippen molar-refractivity contribution >= 4 is 0 Å². The smallest absolute Gasteiger partial charge is 0.0704 e. The standard InChI is InChI=1S/C7H13N3O/c1-10-7(3-4-9-10)6(8)5-11-2/h3-4,6H,5,8H2,1-2H3/t6-/m1/s1. The number of aryl methyl sites for hydroxylation is 1. The largest absolute Gasteiger partial charge is 0.383 e. The second kappa shape index (κ2) is 3.50. The second-order valence-corrected chi connectivity index (χ2v) is 2.44. The van der Waals surface area contributed by atoms with E-state index >= 15 is 0 Å². The first-order valence-corrected chi connectivity index (χ1v) is 3.48. The van der Waals surface area contributed by atoms with E-state index in [4.69, 9.17) is 10.5 Å². The number of rotatable bonds is 3. The van der Waals surface area contributed by atoms with E-state index in [2.05, 4.69) is 5.10 Å². The van der Waals surface area contributed by atoms with Crippen LogP contribution in [0, 0.1) is 0 Å². The molecule has 1 heterocycles. The monoisotopic (exact) mass is 155 g/mol. The maximum atomic E-state index is 5.76. The van der Waals surface area contributed by atoms with E-state index < -0.39 is 0 Å². The molecule has 2 N–H and O–H groups in total. The minimum atomic E-state index is -0.0764. The summed E-state index contributed by atoms with van der Waals surface area (Å²) in [5.41, 5.74) is 6.76. The molecule has 0 saturated carbocycles. The summed E-state index contributed by atoms with van der Waals surface area (Å²) in [7, 11) is 3.50. The zero-order valence-corrected chi connectivity index (χ0v) is 6.82. The number of hydrogen-bond acceptors (Lipinski definition) is 3.